The summed E-state index contributed by atoms with van der Waals surface area (Å²) in [5, 5.41) is 0. The molecule has 0 aliphatic carbocycles. The lowest BCUT2D eigenvalue weighted by molar-refractivity contribution is 0.256. The predicted molar refractivity (Wildman–Crippen MR) is 73.7 cm³/mol. The number of methoxy groups -OCH3 is 1. The second-order valence-electron chi connectivity index (χ2n) is 3.96. The molecule has 5 nitrogen and oxygen atoms in total. The van der Waals surface area contributed by atoms with Crippen LogP contribution in [0.15, 0.2) is 42.6 Å². The zero-order valence-electron chi connectivity index (χ0n) is 10.8. The van der Waals surface area contributed by atoms with Crippen molar-refractivity contribution >= 4 is 17.4 Å². The van der Waals surface area contributed by atoms with E-state index >= 15 is 0 Å². The monoisotopic (exact) mass is 257 g/mol. The van der Waals surface area contributed by atoms with E-state index in [1.54, 1.807) is 24.4 Å². The Morgan fingerprint density at radius 2 is 1.95 bits per heavy atom. The minimum absolute atomic E-state index is 0.533. The maximum absolute atomic E-state index is 11.8. The summed E-state index contributed by atoms with van der Waals surface area (Å²) < 4.78 is 5.32. The van der Waals surface area contributed by atoms with Crippen LogP contribution in [0.5, 0.6) is 5.75 Å². The van der Waals surface area contributed by atoms with Crippen molar-refractivity contribution in [2.24, 2.45) is 5.73 Å². The first-order valence-electron chi connectivity index (χ1n) is 5.79. The molecular formula is C14H15N3O2. The largest absolute Gasteiger partial charge is 0.493 e. The molecule has 0 aliphatic heterocycles. The Balaban J connectivity index is 2.58. The first-order valence-corrected chi connectivity index (χ1v) is 5.79. The molecule has 0 saturated carbocycles. The standard InChI is InChI=1S/C14H15N3O2/c1-10-13(19-2)12(8-9-16-10)17(14(15)18)11-6-4-3-5-7-11/h3-9H,1-2H3,(H2,15,18). The van der Waals surface area contributed by atoms with Gasteiger partial charge in [-0.15, -0.1) is 0 Å². The van der Waals surface area contributed by atoms with E-state index in [0.717, 1.165) is 0 Å². The predicted octanol–water partition coefficient (Wildman–Crippen LogP) is 2.62. The number of ether oxygens (including phenoxy) is 1. The fourth-order valence-electron chi connectivity index (χ4n) is 1.93. The number of urea groups is 1. The van der Waals surface area contributed by atoms with Crippen molar-refractivity contribution in [3.63, 3.8) is 0 Å². The Morgan fingerprint density at radius 1 is 1.26 bits per heavy atom. The zero-order valence-corrected chi connectivity index (χ0v) is 10.8. The van der Waals surface area contributed by atoms with Crippen LogP contribution in [0.25, 0.3) is 0 Å². The number of carbonyl (C=O) groups excluding carboxylic acids is 1. The lowest BCUT2D eigenvalue weighted by atomic mass is 10.2. The molecule has 1 aromatic carbocycles. The van der Waals surface area contributed by atoms with Gasteiger partial charge in [0.2, 0.25) is 0 Å². The van der Waals surface area contributed by atoms with E-state index < -0.39 is 6.03 Å². The second kappa shape index (κ2) is 5.39. The number of aryl methyl sites for hydroxylation is 1. The second-order valence-corrected chi connectivity index (χ2v) is 3.96. The van der Waals surface area contributed by atoms with E-state index in [4.69, 9.17) is 10.5 Å². The Kier molecular flexibility index (Phi) is 3.66. The minimum atomic E-state index is -0.574. The van der Waals surface area contributed by atoms with Crippen molar-refractivity contribution in [3.8, 4) is 5.75 Å². The van der Waals surface area contributed by atoms with Crippen molar-refractivity contribution in [2.75, 3.05) is 12.0 Å². The molecule has 0 fully saturated rings. The van der Waals surface area contributed by atoms with Crippen LogP contribution >= 0.6 is 0 Å². The van der Waals surface area contributed by atoms with E-state index in [1.807, 2.05) is 25.1 Å². The molecule has 2 amide bonds. The zero-order chi connectivity index (χ0) is 13.8. The van der Waals surface area contributed by atoms with Crippen LogP contribution in [-0.4, -0.2) is 18.1 Å². The first kappa shape index (κ1) is 12.9. The van der Waals surface area contributed by atoms with Crippen LogP contribution in [0, 0.1) is 6.92 Å². The number of rotatable bonds is 3. The summed E-state index contributed by atoms with van der Waals surface area (Å²) in [6, 6.07) is 10.3. The van der Waals surface area contributed by atoms with E-state index in [0.29, 0.717) is 22.8 Å². The summed E-state index contributed by atoms with van der Waals surface area (Å²) in [6.45, 7) is 1.81. The van der Waals surface area contributed by atoms with Gasteiger partial charge in [-0.25, -0.2) is 4.79 Å². The van der Waals surface area contributed by atoms with Gasteiger partial charge in [0.15, 0.2) is 5.75 Å². The van der Waals surface area contributed by atoms with Gasteiger partial charge in [-0.2, -0.15) is 0 Å². The van der Waals surface area contributed by atoms with Crippen molar-refractivity contribution in [3.05, 3.63) is 48.3 Å². The van der Waals surface area contributed by atoms with Crippen LogP contribution < -0.4 is 15.4 Å². The van der Waals surface area contributed by atoms with Gasteiger partial charge in [0.05, 0.1) is 24.2 Å². The van der Waals surface area contributed by atoms with Gasteiger partial charge in [-0.3, -0.25) is 9.88 Å². The number of nitrogens with zero attached hydrogens (tertiary/aromatic N) is 2. The van der Waals surface area contributed by atoms with Crippen molar-refractivity contribution < 1.29 is 9.53 Å². The summed E-state index contributed by atoms with van der Waals surface area (Å²) >= 11 is 0. The molecule has 19 heavy (non-hydrogen) atoms. The molecule has 2 aromatic rings. The maximum Gasteiger partial charge on any atom is 0.324 e. The maximum atomic E-state index is 11.8. The van der Waals surface area contributed by atoms with Crippen LogP contribution in [0.4, 0.5) is 16.2 Å². The Morgan fingerprint density at radius 3 is 2.53 bits per heavy atom. The molecule has 0 bridgehead atoms. The lowest BCUT2D eigenvalue weighted by Crippen LogP contribution is -2.31. The molecule has 0 aliphatic rings. The van der Waals surface area contributed by atoms with E-state index in [-0.39, 0.29) is 0 Å². The molecule has 0 radical (unpaired) electrons. The molecule has 0 saturated heterocycles. The highest BCUT2D eigenvalue weighted by Gasteiger charge is 2.20. The molecule has 0 spiro atoms. The van der Waals surface area contributed by atoms with Crippen LogP contribution in [0.3, 0.4) is 0 Å². The quantitative estimate of drug-likeness (QED) is 0.918. The molecule has 98 valence electrons. The van der Waals surface area contributed by atoms with Gasteiger partial charge in [-0.05, 0) is 25.1 Å². The highest BCUT2D eigenvalue weighted by atomic mass is 16.5. The molecule has 2 rings (SSSR count). The number of para-hydroxylation sites is 1. The number of pyridine rings is 1. The van der Waals surface area contributed by atoms with E-state index in [2.05, 4.69) is 4.98 Å². The van der Waals surface area contributed by atoms with Crippen LogP contribution in [-0.2, 0) is 0 Å². The van der Waals surface area contributed by atoms with Gasteiger partial charge in [0, 0.05) is 6.20 Å². The SMILES string of the molecule is COc1c(N(C(N)=O)c2ccccc2)ccnc1C. The fraction of sp³-hybridized carbons (Fsp3) is 0.143. The first-order chi connectivity index (χ1) is 9.15. The highest BCUT2D eigenvalue weighted by Crippen LogP contribution is 2.34. The van der Waals surface area contributed by atoms with Gasteiger partial charge in [-0.1, -0.05) is 18.2 Å². The fourth-order valence-corrected chi connectivity index (χ4v) is 1.93. The Bertz CT molecular complexity index is 584. The number of amides is 2. The van der Waals surface area contributed by atoms with Crippen molar-refractivity contribution in [1.82, 2.24) is 4.98 Å². The third-order valence-corrected chi connectivity index (χ3v) is 2.74. The minimum Gasteiger partial charge on any atom is -0.493 e. The number of hydrogen-bond donors (Lipinski definition) is 1. The third kappa shape index (κ3) is 2.49. The molecule has 0 unspecified atom stereocenters. The summed E-state index contributed by atoms with van der Waals surface area (Å²) in [6.07, 6.45) is 1.62. The van der Waals surface area contributed by atoms with Crippen molar-refractivity contribution in [2.45, 2.75) is 6.92 Å². The summed E-state index contributed by atoms with van der Waals surface area (Å²) in [4.78, 5) is 17.3. The molecule has 5 heteroatoms. The number of hydrogen-bond acceptors (Lipinski definition) is 3. The summed E-state index contributed by atoms with van der Waals surface area (Å²) in [5.41, 5.74) is 7.44. The van der Waals surface area contributed by atoms with Gasteiger partial charge in [0.1, 0.15) is 0 Å². The average molecular weight is 257 g/mol. The topological polar surface area (TPSA) is 68.5 Å². The van der Waals surface area contributed by atoms with Crippen LogP contribution in [0.2, 0.25) is 0 Å². The lowest BCUT2D eigenvalue weighted by Gasteiger charge is -2.23. The molecule has 1 heterocycles. The highest BCUT2D eigenvalue weighted by molar-refractivity contribution is 5.99. The number of carbonyl (C=O) groups is 1. The van der Waals surface area contributed by atoms with Crippen molar-refractivity contribution in [1.29, 1.82) is 0 Å². The third-order valence-electron chi connectivity index (χ3n) is 2.74. The Hall–Kier alpha value is -2.56. The number of nitrogens with two attached hydrogens (primary N) is 1. The number of aromatic nitrogens is 1. The Labute approximate surface area is 111 Å². The van der Waals surface area contributed by atoms with Gasteiger partial charge < -0.3 is 10.5 Å². The number of benzene rings is 1. The van der Waals surface area contributed by atoms with Crippen LogP contribution in [0.1, 0.15) is 5.69 Å². The summed E-state index contributed by atoms with van der Waals surface area (Å²) in [5.74, 6) is 0.533. The van der Waals surface area contributed by atoms with E-state index in [9.17, 15) is 4.79 Å². The summed E-state index contributed by atoms with van der Waals surface area (Å²) in [7, 11) is 1.54. The number of anilines is 2. The molecule has 2 N–H and O–H groups in total. The van der Waals surface area contributed by atoms with E-state index in [1.165, 1.54) is 12.0 Å². The average Bonchev–Trinajstić information content (AvgIpc) is 2.40. The van der Waals surface area contributed by atoms with Gasteiger partial charge in [0.25, 0.3) is 0 Å². The van der Waals surface area contributed by atoms with Gasteiger partial charge >= 0.3 is 6.03 Å². The smallest absolute Gasteiger partial charge is 0.324 e. The molecule has 1 aromatic heterocycles. The molecule has 0 atom stereocenters. The molecular weight excluding hydrogens is 242 g/mol. The normalized spacial score (nSPS) is 10.0. The number of primary amides is 1.